The molecule has 0 saturated carbocycles. The minimum absolute atomic E-state index is 0.0564. The molecule has 1 fully saturated rings. The topological polar surface area (TPSA) is 61.7 Å². The summed E-state index contributed by atoms with van der Waals surface area (Å²) in [5, 5.41) is 0. The molecule has 7 nitrogen and oxygen atoms in total. The first-order valence-electron chi connectivity index (χ1n) is 6.60. The van der Waals surface area contributed by atoms with Gasteiger partial charge in [-0.15, -0.1) is 0 Å². The van der Waals surface area contributed by atoms with Crippen LogP contribution in [0.25, 0.3) is 0 Å². The van der Waals surface area contributed by atoms with Crippen LogP contribution in [0.4, 0.5) is 0 Å². The molecule has 2 rings (SSSR count). The number of rotatable bonds is 2. The summed E-state index contributed by atoms with van der Waals surface area (Å²) in [6.45, 7) is 1.84. The van der Waals surface area contributed by atoms with Gasteiger partial charge in [0, 0.05) is 53.2 Å². The molecule has 1 aromatic heterocycles. The number of amides is 2. The molecule has 1 aliphatic heterocycles. The van der Waals surface area contributed by atoms with Gasteiger partial charge in [0.1, 0.15) is 6.04 Å². The standard InChI is InChI=1S/C13H21N5O2/c1-15(2)12(19)10-9-16(3)7-8-18(10)13(20)11-14-5-6-17(11)4/h5-6,10H,7-9H2,1-4H3/t10-/m0/s1. The third kappa shape index (κ3) is 2.67. The van der Waals surface area contributed by atoms with Gasteiger partial charge in [0.2, 0.25) is 5.91 Å². The number of aromatic nitrogens is 2. The summed E-state index contributed by atoms with van der Waals surface area (Å²) in [5.41, 5.74) is 0. The summed E-state index contributed by atoms with van der Waals surface area (Å²) in [5.74, 6) is 0.121. The highest BCUT2D eigenvalue weighted by molar-refractivity contribution is 5.95. The van der Waals surface area contributed by atoms with Gasteiger partial charge in [0.25, 0.3) is 5.91 Å². The average molecular weight is 279 g/mol. The fourth-order valence-corrected chi connectivity index (χ4v) is 2.37. The van der Waals surface area contributed by atoms with Crippen molar-refractivity contribution in [3.8, 4) is 0 Å². The predicted octanol–water partition coefficient (Wildman–Crippen LogP) is -0.735. The number of hydrogen-bond acceptors (Lipinski definition) is 4. The molecule has 0 N–H and O–H groups in total. The van der Waals surface area contributed by atoms with Crippen LogP contribution in [0.3, 0.4) is 0 Å². The van der Waals surface area contributed by atoms with E-state index in [1.807, 2.05) is 7.05 Å². The van der Waals surface area contributed by atoms with Gasteiger partial charge < -0.3 is 19.3 Å². The van der Waals surface area contributed by atoms with Crippen LogP contribution in [0, 0.1) is 0 Å². The van der Waals surface area contributed by atoms with Gasteiger partial charge in [0.05, 0.1) is 0 Å². The molecule has 2 heterocycles. The number of hydrogen-bond donors (Lipinski definition) is 0. The zero-order valence-corrected chi connectivity index (χ0v) is 12.4. The van der Waals surface area contributed by atoms with Gasteiger partial charge in [-0.3, -0.25) is 9.59 Å². The molecule has 0 spiro atoms. The summed E-state index contributed by atoms with van der Waals surface area (Å²) in [4.78, 5) is 34.2. The Labute approximate surface area is 118 Å². The lowest BCUT2D eigenvalue weighted by Crippen LogP contribution is -2.59. The maximum Gasteiger partial charge on any atom is 0.290 e. The molecule has 7 heteroatoms. The maximum atomic E-state index is 12.6. The monoisotopic (exact) mass is 279 g/mol. The summed E-state index contributed by atoms with van der Waals surface area (Å²) in [7, 11) is 7.15. The molecule has 0 aromatic carbocycles. The van der Waals surface area contributed by atoms with E-state index in [0.29, 0.717) is 18.9 Å². The van der Waals surface area contributed by atoms with Crippen molar-refractivity contribution in [2.45, 2.75) is 6.04 Å². The zero-order chi connectivity index (χ0) is 14.9. The second kappa shape index (κ2) is 5.62. The van der Waals surface area contributed by atoms with E-state index in [1.54, 1.807) is 43.0 Å². The zero-order valence-electron chi connectivity index (χ0n) is 12.4. The van der Waals surface area contributed by atoms with Crippen molar-refractivity contribution in [3.05, 3.63) is 18.2 Å². The molecule has 110 valence electrons. The summed E-state index contributed by atoms with van der Waals surface area (Å²) >= 11 is 0. The van der Waals surface area contributed by atoms with Crippen LogP contribution in [-0.4, -0.2) is 82.9 Å². The van der Waals surface area contributed by atoms with Gasteiger partial charge in [-0.25, -0.2) is 4.98 Å². The second-order valence-corrected chi connectivity index (χ2v) is 5.37. The van der Waals surface area contributed by atoms with E-state index in [9.17, 15) is 9.59 Å². The average Bonchev–Trinajstić information content (AvgIpc) is 2.83. The lowest BCUT2D eigenvalue weighted by molar-refractivity contribution is -0.135. The SMILES string of the molecule is CN1CCN(C(=O)c2nccn2C)[C@H](C(=O)N(C)C)C1. The normalized spacial score (nSPS) is 20.0. The Morgan fingerprint density at radius 2 is 2.00 bits per heavy atom. The number of aryl methyl sites for hydroxylation is 1. The Kier molecular flexibility index (Phi) is 4.08. The van der Waals surface area contributed by atoms with Crippen LogP contribution < -0.4 is 0 Å². The van der Waals surface area contributed by atoms with E-state index in [-0.39, 0.29) is 11.8 Å². The quantitative estimate of drug-likeness (QED) is 0.716. The minimum atomic E-state index is -0.451. The number of nitrogens with zero attached hydrogens (tertiary/aromatic N) is 5. The highest BCUT2D eigenvalue weighted by Crippen LogP contribution is 2.14. The first kappa shape index (κ1) is 14.5. The molecule has 2 amide bonds. The van der Waals surface area contributed by atoms with Crippen molar-refractivity contribution < 1.29 is 9.59 Å². The molecule has 0 unspecified atom stereocenters. The van der Waals surface area contributed by atoms with Gasteiger partial charge in [-0.1, -0.05) is 0 Å². The number of carbonyl (C=O) groups excluding carboxylic acids is 2. The molecule has 1 aliphatic rings. The first-order valence-corrected chi connectivity index (χ1v) is 6.60. The van der Waals surface area contributed by atoms with Crippen LogP contribution >= 0.6 is 0 Å². The molecule has 0 bridgehead atoms. The van der Waals surface area contributed by atoms with E-state index >= 15 is 0 Å². The van der Waals surface area contributed by atoms with Gasteiger partial charge in [-0.05, 0) is 7.05 Å². The molecular formula is C13H21N5O2. The van der Waals surface area contributed by atoms with Gasteiger partial charge in [0.15, 0.2) is 5.82 Å². The van der Waals surface area contributed by atoms with Crippen molar-refractivity contribution in [2.75, 3.05) is 40.8 Å². The fraction of sp³-hybridized carbons (Fsp3) is 0.615. The molecule has 20 heavy (non-hydrogen) atoms. The second-order valence-electron chi connectivity index (χ2n) is 5.37. The lowest BCUT2D eigenvalue weighted by atomic mass is 10.1. The Morgan fingerprint density at radius 1 is 1.30 bits per heavy atom. The highest BCUT2D eigenvalue weighted by atomic mass is 16.2. The van der Waals surface area contributed by atoms with E-state index in [4.69, 9.17) is 0 Å². The largest absolute Gasteiger partial charge is 0.347 e. The third-order valence-electron chi connectivity index (χ3n) is 3.58. The van der Waals surface area contributed by atoms with Crippen LogP contribution in [0.5, 0.6) is 0 Å². The van der Waals surface area contributed by atoms with Crippen LogP contribution in [0.15, 0.2) is 12.4 Å². The van der Waals surface area contributed by atoms with Crippen LogP contribution in [0.2, 0.25) is 0 Å². The molecule has 0 aliphatic carbocycles. The Morgan fingerprint density at radius 3 is 2.55 bits per heavy atom. The van der Waals surface area contributed by atoms with Gasteiger partial charge >= 0.3 is 0 Å². The summed E-state index contributed by atoms with van der Waals surface area (Å²) < 4.78 is 1.68. The molecule has 1 saturated heterocycles. The molecule has 0 radical (unpaired) electrons. The molecular weight excluding hydrogens is 258 g/mol. The van der Waals surface area contributed by atoms with E-state index in [1.165, 1.54) is 4.90 Å². The number of likely N-dealkylation sites (N-methyl/N-ethyl adjacent to an activating group) is 2. The van der Waals surface area contributed by atoms with Crippen molar-refractivity contribution in [2.24, 2.45) is 7.05 Å². The van der Waals surface area contributed by atoms with E-state index in [2.05, 4.69) is 9.88 Å². The van der Waals surface area contributed by atoms with Crippen molar-refractivity contribution >= 4 is 11.8 Å². The number of carbonyl (C=O) groups is 2. The number of piperazine rings is 1. The highest BCUT2D eigenvalue weighted by Gasteiger charge is 2.36. The molecule has 1 aromatic rings. The van der Waals surface area contributed by atoms with Crippen LogP contribution in [-0.2, 0) is 11.8 Å². The third-order valence-corrected chi connectivity index (χ3v) is 3.58. The Balaban J connectivity index is 2.25. The first-order chi connectivity index (χ1) is 9.41. The van der Waals surface area contributed by atoms with Crippen LogP contribution in [0.1, 0.15) is 10.6 Å². The summed E-state index contributed by atoms with van der Waals surface area (Å²) in [6.07, 6.45) is 3.32. The van der Waals surface area contributed by atoms with Crippen molar-refractivity contribution in [1.29, 1.82) is 0 Å². The summed E-state index contributed by atoms with van der Waals surface area (Å²) in [6, 6.07) is -0.451. The minimum Gasteiger partial charge on any atom is -0.347 e. The molecule has 1 atom stereocenters. The fourth-order valence-electron chi connectivity index (χ4n) is 2.37. The lowest BCUT2D eigenvalue weighted by Gasteiger charge is -2.39. The van der Waals surface area contributed by atoms with E-state index < -0.39 is 6.04 Å². The Bertz CT molecular complexity index is 511. The van der Waals surface area contributed by atoms with Crippen molar-refractivity contribution in [3.63, 3.8) is 0 Å². The number of imidazole rings is 1. The maximum absolute atomic E-state index is 12.6. The predicted molar refractivity (Wildman–Crippen MR) is 74.2 cm³/mol. The van der Waals surface area contributed by atoms with E-state index in [0.717, 1.165) is 6.54 Å². The Hall–Kier alpha value is -1.89. The smallest absolute Gasteiger partial charge is 0.290 e. The van der Waals surface area contributed by atoms with Crippen molar-refractivity contribution in [1.82, 2.24) is 24.3 Å². The van der Waals surface area contributed by atoms with Gasteiger partial charge in [-0.2, -0.15) is 0 Å².